The van der Waals surface area contributed by atoms with Crippen LogP contribution in [0.5, 0.6) is 0 Å². The third-order valence-electron chi connectivity index (χ3n) is 3.31. The topological polar surface area (TPSA) is 55.0 Å². The van der Waals surface area contributed by atoms with Crippen LogP contribution in [0, 0.1) is 5.92 Å². The molecule has 0 amide bonds. The van der Waals surface area contributed by atoms with E-state index >= 15 is 0 Å². The molecular formula is C12H20N4. The number of hydrogen-bond donors (Lipinski definition) is 1. The summed E-state index contributed by atoms with van der Waals surface area (Å²) in [5.74, 6) is 1.76. The summed E-state index contributed by atoms with van der Waals surface area (Å²) in [5, 5.41) is 0. The lowest BCUT2D eigenvalue weighted by Crippen LogP contribution is -2.26. The van der Waals surface area contributed by atoms with Gasteiger partial charge in [0.1, 0.15) is 0 Å². The first kappa shape index (κ1) is 11.3. The quantitative estimate of drug-likeness (QED) is 0.836. The molecule has 4 nitrogen and oxygen atoms in total. The molecule has 4 heteroatoms. The monoisotopic (exact) mass is 220 g/mol. The predicted molar refractivity (Wildman–Crippen MR) is 65.2 cm³/mol. The summed E-state index contributed by atoms with van der Waals surface area (Å²) in [6, 6.07) is 0. The van der Waals surface area contributed by atoms with Crippen LogP contribution in [-0.2, 0) is 6.54 Å². The molecular weight excluding hydrogens is 200 g/mol. The van der Waals surface area contributed by atoms with Crippen molar-refractivity contribution < 1.29 is 0 Å². The fourth-order valence-electron chi connectivity index (χ4n) is 2.49. The van der Waals surface area contributed by atoms with E-state index in [0.717, 1.165) is 24.0 Å². The van der Waals surface area contributed by atoms with Crippen LogP contribution in [0.4, 0.5) is 5.82 Å². The zero-order valence-corrected chi connectivity index (χ0v) is 9.89. The van der Waals surface area contributed by atoms with E-state index in [9.17, 15) is 0 Å². The van der Waals surface area contributed by atoms with Gasteiger partial charge in [-0.2, -0.15) is 0 Å². The molecule has 1 fully saturated rings. The van der Waals surface area contributed by atoms with Crippen molar-refractivity contribution in [2.75, 3.05) is 18.5 Å². The summed E-state index contributed by atoms with van der Waals surface area (Å²) in [4.78, 5) is 10.8. The largest absolute Gasteiger partial charge is 0.358 e. The minimum atomic E-state index is 0.457. The first-order valence-corrected chi connectivity index (χ1v) is 6.02. The van der Waals surface area contributed by atoms with E-state index in [2.05, 4.69) is 21.9 Å². The summed E-state index contributed by atoms with van der Waals surface area (Å²) in [7, 11) is 2.08. The summed E-state index contributed by atoms with van der Waals surface area (Å²) < 4.78 is 0. The molecule has 1 aliphatic rings. The fourth-order valence-corrected chi connectivity index (χ4v) is 2.49. The van der Waals surface area contributed by atoms with Gasteiger partial charge in [-0.15, -0.1) is 0 Å². The molecule has 88 valence electrons. The minimum Gasteiger partial charge on any atom is -0.358 e. The zero-order valence-electron chi connectivity index (χ0n) is 9.89. The molecule has 1 saturated carbocycles. The molecule has 2 rings (SSSR count). The average molecular weight is 220 g/mol. The fraction of sp³-hybridized carbons (Fsp3) is 0.667. The number of hydrogen-bond acceptors (Lipinski definition) is 4. The Morgan fingerprint density at radius 1 is 1.31 bits per heavy atom. The summed E-state index contributed by atoms with van der Waals surface area (Å²) in [5.41, 5.74) is 6.56. The van der Waals surface area contributed by atoms with Crippen LogP contribution >= 0.6 is 0 Å². The van der Waals surface area contributed by atoms with Crippen molar-refractivity contribution in [2.24, 2.45) is 11.7 Å². The molecule has 0 saturated heterocycles. The van der Waals surface area contributed by atoms with E-state index in [1.54, 1.807) is 12.4 Å². The van der Waals surface area contributed by atoms with Crippen molar-refractivity contribution in [3.8, 4) is 0 Å². The Kier molecular flexibility index (Phi) is 3.72. The van der Waals surface area contributed by atoms with E-state index in [4.69, 9.17) is 5.73 Å². The Hall–Kier alpha value is -1.16. The molecule has 0 atom stereocenters. The lowest BCUT2D eigenvalue weighted by molar-refractivity contribution is 0.543. The maximum absolute atomic E-state index is 5.67. The first-order valence-electron chi connectivity index (χ1n) is 6.02. The van der Waals surface area contributed by atoms with E-state index in [0.29, 0.717) is 6.54 Å². The van der Waals surface area contributed by atoms with Gasteiger partial charge in [0.05, 0.1) is 5.69 Å². The Balaban J connectivity index is 2.04. The van der Waals surface area contributed by atoms with E-state index < -0.39 is 0 Å². The second kappa shape index (κ2) is 5.25. The van der Waals surface area contributed by atoms with Gasteiger partial charge in [0, 0.05) is 32.5 Å². The van der Waals surface area contributed by atoms with Crippen LogP contribution in [0.25, 0.3) is 0 Å². The van der Waals surface area contributed by atoms with Gasteiger partial charge in [-0.25, -0.2) is 4.98 Å². The Labute approximate surface area is 96.9 Å². The summed E-state index contributed by atoms with van der Waals surface area (Å²) in [6.07, 6.45) is 8.89. The molecule has 0 radical (unpaired) electrons. The van der Waals surface area contributed by atoms with Crippen molar-refractivity contribution >= 4 is 5.82 Å². The summed E-state index contributed by atoms with van der Waals surface area (Å²) >= 11 is 0. The van der Waals surface area contributed by atoms with E-state index in [1.165, 1.54) is 25.7 Å². The van der Waals surface area contributed by atoms with Gasteiger partial charge in [0.25, 0.3) is 0 Å². The second-order valence-corrected chi connectivity index (χ2v) is 4.56. The highest BCUT2D eigenvalue weighted by Crippen LogP contribution is 2.26. The maximum Gasteiger partial charge on any atom is 0.151 e. The van der Waals surface area contributed by atoms with E-state index in [1.807, 2.05) is 0 Å². The lowest BCUT2D eigenvalue weighted by Gasteiger charge is -2.23. The number of rotatable bonds is 4. The second-order valence-electron chi connectivity index (χ2n) is 4.56. The molecule has 0 aromatic carbocycles. The number of aromatic nitrogens is 2. The average Bonchev–Trinajstić information content (AvgIpc) is 2.81. The molecule has 0 aliphatic heterocycles. The number of nitrogens with zero attached hydrogens (tertiary/aromatic N) is 3. The summed E-state index contributed by atoms with van der Waals surface area (Å²) in [6.45, 7) is 1.53. The molecule has 0 spiro atoms. The van der Waals surface area contributed by atoms with Crippen LogP contribution in [0.1, 0.15) is 31.4 Å². The smallest absolute Gasteiger partial charge is 0.151 e. The molecule has 0 bridgehead atoms. The van der Waals surface area contributed by atoms with Gasteiger partial charge in [-0.3, -0.25) is 4.98 Å². The van der Waals surface area contributed by atoms with Crippen LogP contribution < -0.4 is 10.6 Å². The third kappa shape index (κ3) is 2.50. The van der Waals surface area contributed by atoms with Gasteiger partial charge in [0.15, 0.2) is 5.82 Å². The van der Waals surface area contributed by atoms with Gasteiger partial charge in [0.2, 0.25) is 0 Å². The van der Waals surface area contributed by atoms with Gasteiger partial charge in [-0.1, -0.05) is 12.8 Å². The zero-order chi connectivity index (χ0) is 11.4. The normalized spacial score (nSPS) is 16.6. The van der Waals surface area contributed by atoms with Crippen molar-refractivity contribution in [1.29, 1.82) is 0 Å². The van der Waals surface area contributed by atoms with Crippen LogP contribution in [0.15, 0.2) is 12.4 Å². The molecule has 1 aliphatic carbocycles. The Bertz CT molecular complexity index is 334. The lowest BCUT2D eigenvalue weighted by atomic mass is 10.1. The third-order valence-corrected chi connectivity index (χ3v) is 3.31. The van der Waals surface area contributed by atoms with Crippen LogP contribution in [-0.4, -0.2) is 23.6 Å². The predicted octanol–water partition coefficient (Wildman–Crippen LogP) is 1.56. The molecule has 2 N–H and O–H groups in total. The molecule has 1 aromatic rings. The first-order chi connectivity index (χ1) is 7.81. The number of nitrogens with two attached hydrogens (primary N) is 1. The minimum absolute atomic E-state index is 0.457. The maximum atomic E-state index is 5.67. The molecule has 1 heterocycles. The molecule has 1 aromatic heterocycles. The van der Waals surface area contributed by atoms with Gasteiger partial charge in [-0.05, 0) is 18.8 Å². The van der Waals surface area contributed by atoms with E-state index in [-0.39, 0.29) is 0 Å². The van der Waals surface area contributed by atoms with Crippen molar-refractivity contribution in [2.45, 2.75) is 32.2 Å². The molecule has 0 unspecified atom stereocenters. The van der Waals surface area contributed by atoms with Gasteiger partial charge >= 0.3 is 0 Å². The highest BCUT2D eigenvalue weighted by Gasteiger charge is 2.18. The van der Waals surface area contributed by atoms with Crippen molar-refractivity contribution in [3.05, 3.63) is 18.1 Å². The Morgan fingerprint density at radius 2 is 2.00 bits per heavy atom. The Morgan fingerprint density at radius 3 is 2.69 bits per heavy atom. The molecule has 16 heavy (non-hydrogen) atoms. The van der Waals surface area contributed by atoms with Gasteiger partial charge < -0.3 is 10.6 Å². The SMILES string of the molecule is CN(CC1CCCC1)c1nccnc1CN. The van der Waals surface area contributed by atoms with Crippen LogP contribution in [0.2, 0.25) is 0 Å². The van der Waals surface area contributed by atoms with Crippen molar-refractivity contribution in [3.63, 3.8) is 0 Å². The highest BCUT2D eigenvalue weighted by molar-refractivity contribution is 5.41. The van der Waals surface area contributed by atoms with Crippen LogP contribution in [0.3, 0.4) is 0 Å². The van der Waals surface area contributed by atoms with Crippen molar-refractivity contribution in [1.82, 2.24) is 9.97 Å². The highest BCUT2D eigenvalue weighted by atomic mass is 15.2. The number of anilines is 1. The standard InChI is InChI=1S/C12H20N4/c1-16(9-10-4-2-3-5-10)12-11(8-13)14-6-7-15-12/h6-7,10H,2-5,8-9,13H2,1H3.